The zero-order valence-corrected chi connectivity index (χ0v) is 10.6. The second-order valence-electron chi connectivity index (χ2n) is 4.74. The van der Waals surface area contributed by atoms with Crippen LogP contribution >= 0.6 is 11.3 Å². The van der Waals surface area contributed by atoms with Gasteiger partial charge in [-0.25, -0.2) is 4.98 Å². The van der Waals surface area contributed by atoms with Gasteiger partial charge in [0.15, 0.2) is 0 Å². The monoisotopic (exact) mass is 251 g/mol. The molecule has 0 atom stereocenters. The second kappa shape index (κ2) is 4.74. The van der Waals surface area contributed by atoms with Crippen molar-refractivity contribution in [1.29, 1.82) is 0 Å². The van der Waals surface area contributed by atoms with E-state index >= 15 is 0 Å². The normalized spacial score (nSPS) is 21.3. The van der Waals surface area contributed by atoms with E-state index < -0.39 is 0 Å². The number of rotatable bonds is 2. The molecule has 92 valence electrons. The van der Waals surface area contributed by atoms with Crippen molar-refractivity contribution in [2.24, 2.45) is 0 Å². The van der Waals surface area contributed by atoms with E-state index in [4.69, 9.17) is 0 Å². The predicted octanol–water partition coefficient (Wildman–Crippen LogP) is 1.46. The molecule has 2 aliphatic heterocycles. The Morgan fingerprint density at radius 1 is 1.41 bits per heavy atom. The number of amides is 1. The van der Waals surface area contributed by atoms with Gasteiger partial charge in [0.1, 0.15) is 5.69 Å². The number of carbonyl (C=O) groups excluding carboxylic acids is 1. The minimum atomic E-state index is 0.118. The summed E-state index contributed by atoms with van der Waals surface area (Å²) in [6, 6.07) is 0. The third kappa shape index (κ3) is 2.21. The van der Waals surface area contributed by atoms with Crippen molar-refractivity contribution in [3.63, 3.8) is 0 Å². The molecule has 3 rings (SSSR count). The Morgan fingerprint density at radius 2 is 2.18 bits per heavy atom. The van der Waals surface area contributed by atoms with E-state index in [0.717, 1.165) is 50.4 Å². The molecule has 1 aromatic rings. The largest absolute Gasteiger partial charge is 0.337 e. The summed E-state index contributed by atoms with van der Waals surface area (Å²) in [5.74, 6) is 0.673. The van der Waals surface area contributed by atoms with E-state index in [1.807, 2.05) is 10.3 Å². The summed E-state index contributed by atoms with van der Waals surface area (Å²) in [5, 5.41) is 6.43. The minimum Gasteiger partial charge on any atom is -0.337 e. The molecule has 17 heavy (non-hydrogen) atoms. The van der Waals surface area contributed by atoms with Gasteiger partial charge in [-0.2, -0.15) is 0 Å². The summed E-state index contributed by atoms with van der Waals surface area (Å²) in [5.41, 5.74) is 0.656. The SMILES string of the molecule is O=C(c1csc(C2CCNCC2)n1)N1CCC1. The standard InChI is InChI=1S/C12H17N3OS/c16-12(15-6-1-7-15)10-8-17-11(14-10)9-2-4-13-5-3-9/h8-9,13H,1-7H2. The van der Waals surface area contributed by atoms with Crippen molar-refractivity contribution >= 4 is 17.2 Å². The first kappa shape index (κ1) is 11.2. The number of carbonyl (C=O) groups is 1. The van der Waals surface area contributed by atoms with Crippen LogP contribution in [0, 0.1) is 0 Å². The Labute approximate surface area is 105 Å². The van der Waals surface area contributed by atoms with Crippen molar-refractivity contribution in [2.45, 2.75) is 25.2 Å². The first-order valence-electron chi connectivity index (χ1n) is 6.30. The number of hydrogen-bond donors (Lipinski definition) is 1. The molecule has 0 saturated carbocycles. The van der Waals surface area contributed by atoms with Gasteiger partial charge >= 0.3 is 0 Å². The first-order valence-corrected chi connectivity index (χ1v) is 7.18. The highest BCUT2D eigenvalue weighted by molar-refractivity contribution is 7.09. The summed E-state index contributed by atoms with van der Waals surface area (Å²) in [6.07, 6.45) is 3.42. The molecule has 0 spiro atoms. The van der Waals surface area contributed by atoms with Crippen LogP contribution in [-0.2, 0) is 0 Å². The van der Waals surface area contributed by atoms with Gasteiger partial charge in [-0.1, -0.05) is 0 Å². The quantitative estimate of drug-likeness (QED) is 0.865. The minimum absolute atomic E-state index is 0.118. The number of piperidine rings is 1. The van der Waals surface area contributed by atoms with E-state index in [-0.39, 0.29) is 5.91 Å². The summed E-state index contributed by atoms with van der Waals surface area (Å²) >= 11 is 1.65. The van der Waals surface area contributed by atoms with E-state index in [1.54, 1.807) is 11.3 Å². The Morgan fingerprint density at radius 3 is 2.82 bits per heavy atom. The molecule has 0 unspecified atom stereocenters. The maximum atomic E-state index is 12.0. The average molecular weight is 251 g/mol. The van der Waals surface area contributed by atoms with Crippen LogP contribution < -0.4 is 5.32 Å². The number of likely N-dealkylation sites (tertiary alicyclic amines) is 1. The van der Waals surface area contributed by atoms with Gasteiger partial charge in [0.2, 0.25) is 0 Å². The zero-order chi connectivity index (χ0) is 11.7. The van der Waals surface area contributed by atoms with Gasteiger partial charge in [0.05, 0.1) is 5.01 Å². The maximum absolute atomic E-state index is 12.0. The fourth-order valence-corrected chi connectivity index (χ4v) is 3.29. The highest BCUT2D eigenvalue weighted by Crippen LogP contribution is 2.28. The molecule has 1 aromatic heterocycles. The van der Waals surface area contributed by atoms with Gasteiger partial charge in [-0.15, -0.1) is 11.3 Å². The molecule has 0 aromatic carbocycles. The molecule has 4 nitrogen and oxygen atoms in total. The first-order chi connectivity index (χ1) is 8.34. The molecule has 2 saturated heterocycles. The Bertz CT molecular complexity index is 408. The van der Waals surface area contributed by atoms with Crippen LogP contribution in [-0.4, -0.2) is 42.0 Å². The summed E-state index contributed by atoms with van der Waals surface area (Å²) in [7, 11) is 0. The number of aromatic nitrogens is 1. The van der Waals surface area contributed by atoms with Crippen LogP contribution in [0.3, 0.4) is 0 Å². The number of nitrogens with zero attached hydrogens (tertiary/aromatic N) is 2. The summed E-state index contributed by atoms with van der Waals surface area (Å²) in [4.78, 5) is 18.4. The number of hydrogen-bond acceptors (Lipinski definition) is 4. The van der Waals surface area contributed by atoms with E-state index in [9.17, 15) is 4.79 Å². The molecule has 0 radical (unpaired) electrons. The van der Waals surface area contributed by atoms with Crippen LogP contribution in [0.25, 0.3) is 0 Å². The molecule has 0 aliphatic carbocycles. The lowest BCUT2D eigenvalue weighted by Gasteiger charge is -2.30. The maximum Gasteiger partial charge on any atom is 0.273 e. The molecular formula is C12H17N3OS. The zero-order valence-electron chi connectivity index (χ0n) is 9.82. The highest BCUT2D eigenvalue weighted by Gasteiger charge is 2.25. The molecule has 5 heteroatoms. The van der Waals surface area contributed by atoms with Crippen molar-refractivity contribution in [2.75, 3.05) is 26.2 Å². The van der Waals surface area contributed by atoms with Gasteiger partial charge in [0.25, 0.3) is 5.91 Å². The molecular weight excluding hydrogens is 234 g/mol. The Hall–Kier alpha value is -0.940. The van der Waals surface area contributed by atoms with Crippen LogP contribution in [0.5, 0.6) is 0 Å². The lowest BCUT2D eigenvalue weighted by atomic mass is 9.99. The van der Waals surface area contributed by atoms with E-state index in [0.29, 0.717) is 11.6 Å². The highest BCUT2D eigenvalue weighted by atomic mass is 32.1. The van der Waals surface area contributed by atoms with Gasteiger partial charge < -0.3 is 10.2 Å². The third-order valence-corrected chi connectivity index (χ3v) is 4.58. The molecule has 1 amide bonds. The number of thiazole rings is 1. The van der Waals surface area contributed by atoms with Gasteiger partial charge in [0, 0.05) is 24.4 Å². The molecule has 0 bridgehead atoms. The summed E-state index contributed by atoms with van der Waals surface area (Å²) < 4.78 is 0. The molecule has 1 N–H and O–H groups in total. The fraction of sp³-hybridized carbons (Fsp3) is 0.667. The third-order valence-electron chi connectivity index (χ3n) is 3.57. The molecule has 2 fully saturated rings. The average Bonchev–Trinajstić information content (AvgIpc) is 2.77. The van der Waals surface area contributed by atoms with Crippen molar-refractivity contribution in [3.8, 4) is 0 Å². The topological polar surface area (TPSA) is 45.2 Å². The molecule has 2 aliphatic rings. The lowest BCUT2D eigenvalue weighted by molar-refractivity contribution is 0.0646. The second-order valence-corrected chi connectivity index (χ2v) is 5.63. The van der Waals surface area contributed by atoms with Crippen LogP contribution in [0.4, 0.5) is 0 Å². The van der Waals surface area contributed by atoms with Crippen molar-refractivity contribution in [1.82, 2.24) is 15.2 Å². The van der Waals surface area contributed by atoms with Crippen LogP contribution in [0.2, 0.25) is 0 Å². The van der Waals surface area contributed by atoms with E-state index in [2.05, 4.69) is 10.3 Å². The summed E-state index contributed by atoms with van der Waals surface area (Å²) in [6.45, 7) is 3.94. The van der Waals surface area contributed by atoms with Gasteiger partial charge in [-0.3, -0.25) is 4.79 Å². The van der Waals surface area contributed by atoms with Crippen molar-refractivity contribution in [3.05, 3.63) is 16.1 Å². The van der Waals surface area contributed by atoms with E-state index in [1.165, 1.54) is 0 Å². The van der Waals surface area contributed by atoms with Crippen LogP contribution in [0.1, 0.15) is 40.7 Å². The van der Waals surface area contributed by atoms with Crippen LogP contribution in [0.15, 0.2) is 5.38 Å². The van der Waals surface area contributed by atoms with Gasteiger partial charge in [-0.05, 0) is 32.4 Å². The number of nitrogens with one attached hydrogen (secondary N) is 1. The lowest BCUT2D eigenvalue weighted by Crippen LogP contribution is -2.42. The van der Waals surface area contributed by atoms with Crippen molar-refractivity contribution < 1.29 is 4.79 Å². The Kier molecular flexibility index (Phi) is 3.11. The predicted molar refractivity (Wildman–Crippen MR) is 67.5 cm³/mol. The Balaban J connectivity index is 1.70. The smallest absolute Gasteiger partial charge is 0.273 e. The molecule has 3 heterocycles. The fourth-order valence-electron chi connectivity index (χ4n) is 2.32.